The largest absolute Gasteiger partial charge is 0.370 e. The van der Waals surface area contributed by atoms with E-state index in [9.17, 15) is 10.1 Å². The van der Waals surface area contributed by atoms with E-state index in [4.69, 9.17) is 0 Å². The molecule has 6 heteroatoms. The van der Waals surface area contributed by atoms with Crippen LogP contribution in [0.25, 0.3) is 0 Å². The van der Waals surface area contributed by atoms with E-state index in [2.05, 4.69) is 39.7 Å². The van der Waals surface area contributed by atoms with Gasteiger partial charge in [0.1, 0.15) is 0 Å². The Bertz CT molecular complexity index is 490. The lowest BCUT2D eigenvalue weighted by Crippen LogP contribution is -2.38. The van der Waals surface area contributed by atoms with Gasteiger partial charge in [-0.3, -0.25) is 10.1 Å². The SMILES string of the molecule is CCCCN(CC1CCCN1)c1ccc([N+](=O)[O-])c(I)c1. The first-order valence-corrected chi connectivity index (χ1v) is 8.62. The molecule has 0 bridgehead atoms. The maximum absolute atomic E-state index is 10.9. The molecule has 116 valence electrons. The molecule has 2 rings (SSSR count). The van der Waals surface area contributed by atoms with E-state index in [1.807, 2.05) is 12.1 Å². The summed E-state index contributed by atoms with van der Waals surface area (Å²) in [6.45, 7) is 5.27. The molecule has 21 heavy (non-hydrogen) atoms. The van der Waals surface area contributed by atoms with Crippen LogP contribution >= 0.6 is 22.6 Å². The molecule has 1 heterocycles. The molecule has 0 amide bonds. The monoisotopic (exact) mass is 403 g/mol. The Balaban J connectivity index is 2.14. The summed E-state index contributed by atoms with van der Waals surface area (Å²) in [7, 11) is 0. The van der Waals surface area contributed by atoms with E-state index in [1.165, 1.54) is 12.8 Å². The second kappa shape index (κ2) is 7.93. The molecule has 1 saturated heterocycles. The van der Waals surface area contributed by atoms with Gasteiger partial charge in [-0.25, -0.2) is 0 Å². The number of nitro groups is 1. The molecule has 1 unspecified atom stereocenters. The van der Waals surface area contributed by atoms with E-state index >= 15 is 0 Å². The molecule has 5 nitrogen and oxygen atoms in total. The highest BCUT2D eigenvalue weighted by atomic mass is 127. The summed E-state index contributed by atoms with van der Waals surface area (Å²) in [4.78, 5) is 13.0. The van der Waals surface area contributed by atoms with Crippen molar-refractivity contribution >= 4 is 34.0 Å². The molecule has 0 saturated carbocycles. The highest BCUT2D eigenvalue weighted by Crippen LogP contribution is 2.27. The predicted octanol–water partition coefficient (Wildman–Crippen LogP) is 3.56. The molecule has 0 radical (unpaired) electrons. The number of halogens is 1. The van der Waals surface area contributed by atoms with Crippen LogP contribution in [0.2, 0.25) is 0 Å². The Labute approximate surface area is 139 Å². The standard InChI is InChI=1S/C15H22IN3O2/c1-2-3-9-18(11-12-5-4-8-17-12)13-6-7-15(19(20)21)14(16)10-13/h6-7,10,12,17H,2-5,8-9,11H2,1H3. The lowest BCUT2D eigenvalue weighted by atomic mass is 10.1. The van der Waals surface area contributed by atoms with Gasteiger partial charge in [-0.05, 0) is 60.5 Å². The first kappa shape index (κ1) is 16.5. The van der Waals surface area contributed by atoms with E-state index < -0.39 is 0 Å². The first-order valence-electron chi connectivity index (χ1n) is 7.54. The average Bonchev–Trinajstić information content (AvgIpc) is 2.95. The van der Waals surface area contributed by atoms with Crippen LogP contribution in [0.3, 0.4) is 0 Å². The zero-order valence-corrected chi connectivity index (χ0v) is 14.5. The fourth-order valence-corrected chi connectivity index (χ4v) is 3.39. The van der Waals surface area contributed by atoms with Crippen LogP contribution in [0.4, 0.5) is 11.4 Å². The van der Waals surface area contributed by atoms with Crippen LogP contribution in [-0.2, 0) is 0 Å². The Morgan fingerprint density at radius 2 is 2.33 bits per heavy atom. The molecule has 0 spiro atoms. The summed E-state index contributed by atoms with van der Waals surface area (Å²) in [6.07, 6.45) is 4.75. The summed E-state index contributed by atoms with van der Waals surface area (Å²) < 4.78 is 0.705. The van der Waals surface area contributed by atoms with Crippen LogP contribution in [-0.4, -0.2) is 30.6 Å². The molecule has 1 aliphatic heterocycles. The lowest BCUT2D eigenvalue weighted by Gasteiger charge is -2.28. The number of hydrogen-bond acceptors (Lipinski definition) is 4. The van der Waals surface area contributed by atoms with E-state index in [0.29, 0.717) is 9.61 Å². The van der Waals surface area contributed by atoms with Crippen molar-refractivity contribution in [2.75, 3.05) is 24.5 Å². The van der Waals surface area contributed by atoms with Gasteiger partial charge in [0, 0.05) is 30.9 Å². The molecule has 1 N–H and O–H groups in total. The van der Waals surface area contributed by atoms with E-state index in [-0.39, 0.29) is 10.6 Å². The van der Waals surface area contributed by atoms with E-state index in [1.54, 1.807) is 6.07 Å². The number of unbranched alkanes of at least 4 members (excludes halogenated alkanes) is 1. The maximum Gasteiger partial charge on any atom is 0.282 e. The number of rotatable bonds is 7. The van der Waals surface area contributed by atoms with Crippen molar-refractivity contribution in [3.05, 3.63) is 31.9 Å². The van der Waals surface area contributed by atoms with Crippen LogP contribution in [0.1, 0.15) is 32.6 Å². The van der Waals surface area contributed by atoms with Crippen LogP contribution < -0.4 is 10.2 Å². The van der Waals surface area contributed by atoms with Gasteiger partial charge < -0.3 is 10.2 Å². The van der Waals surface area contributed by atoms with Gasteiger partial charge >= 0.3 is 0 Å². The zero-order chi connectivity index (χ0) is 15.2. The van der Waals surface area contributed by atoms with Gasteiger partial charge in [0.15, 0.2) is 0 Å². The molecule has 1 aromatic rings. The zero-order valence-electron chi connectivity index (χ0n) is 12.3. The third-order valence-electron chi connectivity index (χ3n) is 3.88. The lowest BCUT2D eigenvalue weighted by molar-refractivity contribution is -0.385. The quantitative estimate of drug-likeness (QED) is 0.430. The van der Waals surface area contributed by atoms with Gasteiger partial charge in [0.2, 0.25) is 0 Å². The summed E-state index contributed by atoms with van der Waals surface area (Å²) in [5, 5.41) is 14.5. The van der Waals surface area contributed by atoms with Gasteiger partial charge in [-0.1, -0.05) is 13.3 Å². The van der Waals surface area contributed by atoms with Crippen molar-refractivity contribution in [2.24, 2.45) is 0 Å². The predicted molar refractivity (Wildman–Crippen MR) is 94.0 cm³/mol. The minimum Gasteiger partial charge on any atom is -0.370 e. The van der Waals surface area contributed by atoms with Crippen LogP contribution in [0, 0.1) is 13.7 Å². The highest BCUT2D eigenvalue weighted by Gasteiger charge is 2.20. The minimum atomic E-state index is -0.319. The third kappa shape index (κ3) is 4.54. The van der Waals surface area contributed by atoms with Crippen molar-refractivity contribution < 1.29 is 4.92 Å². The average molecular weight is 403 g/mol. The van der Waals surface area contributed by atoms with Crippen molar-refractivity contribution in [1.29, 1.82) is 0 Å². The number of anilines is 1. The number of benzene rings is 1. The Morgan fingerprint density at radius 1 is 1.52 bits per heavy atom. The Hall–Kier alpha value is -0.890. The second-order valence-corrected chi connectivity index (χ2v) is 6.65. The number of nitrogens with one attached hydrogen (secondary N) is 1. The molecule has 0 aliphatic carbocycles. The smallest absolute Gasteiger partial charge is 0.282 e. The van der Waals surface area contributed by atoms with Gasteiger partial charge in [0.05, 0.1) is 8.49 Å². The minimum absolute atomic E-state index is 0.189. The summed E-state index contributed by atoms with van der Waals surface area (Å²) in [5.74, 6) is 0. The number of nitrogens with zero attached hydrogens (tertiary/aromatic N) is 2. The van der Waals surface area contributed by atoms with Crippen molar-refractivity contribution in [3.8, 4) is 0 Å². The molecule has 1 aromatic carbocycles. The fraction of sp³-hybridized carbons (Fsp3) is 0.600. The summed E-state index contributed by atoms with van der Waals surface area (Å²) >= 11 is 2.05. The topological polar surface area (TPSA) is 58.4 Å². The molecule has 1 fully saturated rings. The molecule has 0 aromatic heterocycles. The molecule has 1 aliphatic rings. The normalized spacial score (nSPS) is 17.9. The molecular weight excluding hydrogens is 381 g/mol. The third-order valence-corrected chi connectivity index (χ3v) is 4.74. The van der Waals surface area contributed by atoms with Gasteiger partial charge in [-0.15, -0.1) is 0 Å². The summed E-state index contributed by atoms with van der Waals surface area (Å²) in [5.41, 5.74) is 1.28. The van der Waals surface area contributed by atoms with Gasteiger partial charge in [0.25, 0.3) is 5.69 Å². The highest BCUT2D eigenvalue weighted by molar-refractivity contribution is 14.1. The Morgan fingerprint density at radius 3 is 2.90 bits per heavy atom. The van der Waals surface area contributed by atoms with Gasteiger partial charge in [-0.2, -0.15) is 0 Å². The number of hydrogen-bond donors (Lipinski definition) is 1. The van der Waals surface area contributed by atoms with Crippen LogP contribution in [0.5, 0.6) is 0 Å². The second-order valence-electron chi connectivity index (χ2n) is 5.49. The van der Waals surface area contributed by atoms with Crippen molar-refractivity contribution in [2.45, 2.75) is 38.6 Å². The first-order chi connectivity index (χ1) is 10.1. The van der Waals surface area contributed by atoms with Crippen molar-refractivity contribution in [3.63, 3.8) is 0 Å². The maximum atomic E-state index is 10.9. The Kier molecular flexibility index (Phi) is 6.22. The molecule has 1 atom stereocenters. The number of nitro benzene ring substituents is 1. The fourth-order valence-electron chi connectivity index (χ4n) is 2.69. The van der Waals surface area contributed by atoms with Crippen LogP contribution in [0.15, 0.2) is 18.2 Å². The summed E-state index contributed by atoms with van der Waals surface area (Å²) in [6, 6.07) is 5.97. The van der Waals surface area contributed by atoms with E-state index in [0.717, 1.165) is 38.2 Å². The van der Waals surface area contributed by atoms with Crippen molar-refractivity contribution in [1.82, 2.24) is 5.32 Å². The molecular formula is C15H22IN3O2.